The van der Waals surface area contributed by atoms with Crippen LogP contribution >= 0.6 is 0 Å². The Bertz CT molecular complexity index is 720. The van der Waals surface area contributed by atoms with Crippen LogP contribution in [-0.2, 0) is 6.42 Å². The minimum Gasteiger partial charge on any atom is -0.496 e. The SMILES string of the molecule is COc1c(C)c(C)c2c(c1C)CC[C@@](C)(CCCC(C)CCCC(C)CCCC(C)C)O2. The maximum absolute atomic E-state index is 6.70. The van der Waals surface area contributed by atoms with Crippen LogP contribution in [0.15, 0.2) is 0 Å². The third-order valence-electron chi connectivity index (χ3n) is 8.04. The molecule has 1 aliphatic rings. The van der Waals surface area contributed by atoms with Gasteiger partial charge in [0.2, 0.25) is 0 Å². The molecule has 2 heteroatoms. The van der Waals surface area contributed by atoms with E-state index in [-0.39, 0.29) is 5.60 Å². The molecule has 184 valence electrons. The van der Waals surface area contributed by atoms with Crippen molar-refractivity contribution in [1.82, 2.24) is 0 Å². The van der Waals surface area contributed by atoms with E-state index in [0.29, 0.717) is 0 Å². The molecule has 2 nitrogen and oxygen atoms in total. The lowest BCUT2D eigenvalue weighted by Crippen LogP contribution is -2.37. The monoisotopic (exact) mass is 444 g/mol. The van der Waals surface area contributed by atoms with Crippen molar-refractivity contribution in [1.29, 1.82) is 0 Å². The summed E-state index contributed by atoms with van der Waals surface area (Å²) in [5.41, 5.74) is 5.07. The zero-order valence-corrected chi connectivity index (χ0v) is 22.8. The van der Waals surface area contributed by atoms with E-state index >= 15 is 0 Å². The number of methoxy groups -OCH3 is 1. The van der Waals surface area contributed by atoms with Crippen LogP contribution < -0.4 is 9.47 Å². The fraction of sp³-hybridized carbons (Fsp3) is 0.800. The first-order valence-electron chi connectivity index (χ1n) is 13.4. The van der Waals surface area contributed by atoms with Crippen molar-refractivity contribution >= 4 is 0 Å². The molecule has 0 N–H and O–H groups in total. The zero-order chi connectivity index (χ0) is 23.9. The molecule has 0 amide bonds. The average Bonchev–Trinajstić information content (AvgIpc) is 2.72. The van der Waals surface area contributed by atoms with Crippen molar-refractivity contribution in [2.75, 3.05) is 7.11 Å². The molecule has 1 aromatic carbocycles. The van der Waals surface area contributed by atoms with E-state index in [0.717, 1.165) is 48.5 Å². The van der Waals surface area contributed by atoms with Gasteiger partial charge in [-0.1, -0.05) is 72.6 Å². The summed E-state index contributed by atoms with van der Waals surface area (Å²) in [5, 5.41) is 0. The normalized spacial score (nSPS) is 20.1. The fourth-order valence-electron chi connectivity index (χ4n) is 5.57. The highest BCUT2D eigenvalue weighted by atomic mass is 16.5. The summed E-state index contributed by atoms with van der Waals surface area (Å²) in [5.74, 6) is 4.74. The molecule has 32 heavy (non-hydrogen) atoms. The minimum atomic E-state index is -0.0319. The number of ether oxygens (including phenoxy) is 2. The highest BCUT2D eigenvalue weighted by molar-refractivity contribution is 5.58. The maximum atomic E-state index is 6.70. The standard InChI is InChI=1S/C30H52O2/c1-21(2)13-10-14-22(3)15-11-16-23(4)17-12-19-30(8)20-18-27-26(7)28(31-9)24(5)25(6)29(27)32-30/h21-23H,10-20H2,1-9H3/t22?,23?,30-/m1/s1. The Morgan fingerprint density at radius 1 is 0.812 bits per heavy atom. The van der Waals surface area contributed by atoms with Crippen LogP contribution in [0.2, 0.25) is 0 Å². The zero-order valence-electron chi connectivity index (χ0n) is 22.8. The van der Waals surface area contributed by atoms with Crippen molar-refractivity contribution in [2.45, 2.75) is 132 Å². The molecule has 1 aromatic rings. The Kier molecular flexibility index (Phi) is 10.4. The highest BCUT2D eigenvalue weighted by Crippen LogP contribution is 2.44. The molecule has 0 aliphatic carbocycles. The van der Waals surface area contributed by atoms with E-state index in [9.17, 15) is 0 Å². The number of benzene rings is 1. The molecule has 0 saturated heterocycles. The first-order chi connectivity index (χ1) is 15.1. The van der Waals surface area contributed by atoms with Gasteiger partial charge in [-0.05, 0) is 87.8 Å². The number of hydrogen-bond donors (Lipinski definition) is 0. The third kappa shape index (κ3) is 7.42. The van der Waals surface area contributed by atoms with Gasteiger partial charge >= 0.3 is 0 Å². The summed E-state index contributed by atoms with van der Waals surface area (Å²) >= 11 is 0. The first-order valence-corrected chi connectivity index (χ1v) is 13.4. The molecular weight excluding hydrogens is 392 g/mol. The lowest BCUT2D eigenvalue weighted by atomic mass is 9.83. The topological polar surface area (TPSA) is 18.5 Å². The molecule has 0 aromatic heterocycles. The fourth-order valence-corrected chi connectivity index (χ4v) is 5.57. The van der Waals surface area contributed by atoms with Crippen LogP contribution in [0.1, 0.15) is 121 Å². The minimum absolute atomic E-state index is 0.0319. The molecule has 0 bridgehead atoms. The predicted molar refractivity (Wildman–Crippen MR) is 139 cm³/mol. The lowest BCUT2D eigenvalue weighted by molar-refractivity contribution is 0.0512. The number of rotatable bonds is 13. The van der Waals surface area contributed by atoms with Crippen LogP contribution in [0, 0.1) is 38.5 Å². The average molecular weight is 445 g/mol. The molecule has 3 atom stereocenters. The van der Waals surface area contributed by atoms with Gasteiger partial charge in [0.05, 0.1) is 7.11 Å². The van der Waals surface area contributed by atoms with Crippen LogP contribution in [0.25, 0.3) is 0 Å². The van der Waals surface area contributed by atoms with Crippen molar-refractivity contribution in [3.8, 4) is 11.5 Å². The molecule has 0 radical (unpaired) electrons. The molecule has 2 unspecified atom stereocenters. The molecule has 1 heterocycles. The quantitative estimate of drug-likeness (QED) is 0.302. The second-order valence-corrected chi connectivity index (χ2v) is 11.6. The predicted octanol–water partition coefficient (Wildman–Crippen LogP) is 9.14. The molecule has 0 spiro atoms. The van der Waals surface area contributed by atoms with Crippen LogP contribution in [0.5, 0.6) is 11.5 Å². The maximum Gasteiger partial charge on any atom is 0.127 e. The lowest BCUT2D eigenvalue weighted by Gasteiger charge is -2.38. The summed E-state index contributed by atoms with van der Waals surface area (Å²) in [6.45, 7) is 18.4. The van der Waals surface area contributed by atoms with Gasteiger partial charge in [-0.25, -0.2) is 0 Å². The van der Waals surface area contributed by atoms with Gasteiger partial charge < -0.3 is 9.47 Å². The van der Waals surface area contributed by atoms with E-state index in [1.807, 2.05) is 0 Å². The number of fused-ring (bicyclic) bond motifs is 1. The van der Waals surface area contributed by atoms with E-state index in [1.54, 1.807) is 7.11 Å². The Morgan fingerprint density at radius 2 is 1.38 bits per heavy atom. The smallest absolute Gasteiger partial charge is 0.127 e. The Morgan fingerprint density at radius 3 is 1.94 bits per heavy atom. The summed E-state index contributed by atoms with van der Waals surface area (Å²) in [6.07, 6.45) is 14.3. The van der Waals surface area contributed by atoms with Gasteiger partial charge in [0.25, 0.3) is 0 Å². The molecule has 1 aliphatic heterocycles. The first kappa shape index (κ1) is 27.1. The van der Waals surface area contributed by atoms with E-state index in [4.69, 9.17) is 9.47 Å². The largest absolute Gasteiger partial charge is 0.496 e. The highest BCUT2D eigenvalue weighted by Gasteiger charge is 2.34. The summed E-state index contributed by atoms with van der Waals surface area (Å²) in [4.78, 5) is 0. The Hall–Kier alpha value is -1.18. The second kappa shape index (κ2) is 12.3. The summed E-state index contributed by atoms with van der Waals surface area (Å²) < 4.78 is 12.4. The van der Waals surface area contributed by atoms with Crippen molar-refractivity contribution in [3.05, 3.63) is 22.3 Å². The summed E-state index contributed by atoms with van der Waals surface area (Å²) in [7, 11) is 1.78. The van der Waals surface area contributed by atoms with Crippen LogP contribution in [-0.4, -0.2) is 12.7 Å². The summed E-state index contributed by atoms with van der Waals surface area (Å²) in [6, 6.07) is 0. The van der Waals surface area contributed by atoms with Gasteiger partial charge in [0.1, 0.15) is 17.1 Å². The molecular formula is C30H52O2. The van der Waals surface area contributed by atoms with Crippen LogP contribution in [0.3, 0.4) is 0 Å². The van der Waals surface area contributed by atoms with Crippen molar-refractivity contribution in [2.24, 2.45) is 17.8 Å². The molecule has 0 saturated carbocycles. The van der Waals surface area contributed by atoms with Crippen molar-refractivity contribution < 1.29 is 9.47 Å². The van der Waals surface area contributed by atoms with Gasteiger partial charge in [0, 0.05) is 5.56 Å². The van der Waals surface area contributed by atoms with Gasteiger partial charge in [-0.3, -0.25) is 0 Å². The van der Waals surface area contributed by atoms with Gasteiger partial charge in [-0.15, -0.1) is 0 Å². The van der Waals surface area contributed by atoms with E-state index in [1.165, 1.54) is 73.6 Å². The molecule has 2 rings (SSSR count). The van der Waals surface area contributed by atoms with E-state index in [2.05, 4.69) is 55.4 Å². The second-order valence-electron chi connectivity index (χ2n) is 11.6. The molecule has 0 fully saturated rings. The van der Waals surface area contributed by atoms with Gasteiger partial charge in [-0.2, -0.15) is 0 Å². The van der Waals surface area contributed by atoms with E-state index < -0.39 is 0 Å². The Balaban J connectivity index is 1.77. The van der Waals surface area contributed by atoms with Crippen molar-refractivity contribution in [3.63, 3.8) is 0 Å². The third-order valence-corrected chi connectivity index (χ3v) is 8.04. The number of hydrogen-bond acceptors (Lipinski definition) is 2. The van der Waals surface area contributed by atoms with Gasteiger partial charge in [0.15, 0.2) is 0 Å². The van der Waals surface area contributed by atoms with Crippen LogP contribution in [0.4, 0.5) is 0 Å². The Labute approximate surface area is 199 Å².